The van der Waals surface area contributed by atoms with E-state index in [0.717, 1.165) is 21.6 Å². The minimum atomic E-state index is 0.199. The molecule has 0 aliphatic carbocycles. The van der Waals surface area contributed by atoms with Crippen LogP contribution in [0.1, 0.15) is 24.2 Å². The molecule has 2 rings (SSSR count). The van der Waals surface area contributed by atoms with Gasteiger partial charge in [-0.15, -0.1) is 0 Å². The number of aryl methyl sites for hydroxylation is 2. The Labute approximate surface area is 121 Å². The zero-order valence-corrected chi connectivity index (χ0v) is 13.2. The molecule has 0 aliphatic heterocycles. The molecule has 1 aromatic heterocycles. The normalized spacial score (nSPS) is 12.3. The maximum atomic E-state index is 5.24. The van der Waals surface area contributed by atoms with Crippen molar-refractivity contribution in [3.8, 4) is 5.75 Å². The summed E-state index contributed by atoms with van der Waals surface area (Å²) < 4.78 is 8.02. The number of ether oxygens (including phenoxy) is 1. The van der Waals surface area contributed by atoms with E-state index in [2.05, 4.69) is 45.4 Å². The molecule has 0 saturated carbocycles. The Morgan fingerprint density at radius 1 is 1.42 bits per heavy atom. The van der Waals surface area contributed by atoms with Crippen LogP contribution in [-0.4, -0.2) is 16.9 Å². The van der Waals surface area contributed by atoms with E-state index in [1.54, 1.807) is 7.11 Å². The number of hydrogen-bond donors (Lipinski definition) is 1. The monoisotopic (exact) mass is 323 g/mol. The molecule has 0 aliphatic rings. The van der Waals surface area contributed by atoms with Gasteiger partial charge in [0.2, 0.25) is 0 Å². The molecule has 4 nitrogen and oxygen atoms in total. The maximum Gasteiger partial charge on any atom is 0.133 e. The first-order valence-electron chi connectivity index (χ1n) is 6.11. The molecular weight excluding hydrogens is 306 g/mol. The summed E-state index contributed by atoms with van der Waals surface area (Å²) in [5.74, 6) is 0.841. The molecule has 1 N–H and O–H groups in total. The van der Waals surface area contributed by atoms with Crippen LogP contribution in [0.25, 0.3) is 0 Å². The molecule has 1 unspecified atom stereocenters. The van der Waals surface area contributed by atoms with Gasteiger partial charge in [0.15, 0.2) is 0 Å². The second kappa shape index (κ2) is 5.65. The van der Waals surface area contributed by atoms with Gasteiger partial charge < -0.3 is 10.1 Å². The molecule has 0 fully saturated rings. The molecule has 102 valence electrons. The lowest BCUT2D eigenvalue weighted by molar-refractivity contribution is 0.412. The van der Waals surface area contributed by atoms with Crippen molar-refractivity contribution < 1.29 is 4.74 Å². The number of benzene rings is 1. The Balaban J connectivity index is 2.18. The zero-order valence-electron chi connectivity index (χ0n) is 11.6. The average molecular weight is 324 g/mol. The number of hydrogen-bond acceptors (Lipinski definition) is 3. The molecular formula is C14H18BrN3O. The Morgan fingerprint density at radius 3 is 2.68 bits per heavy atom. The minimum absolute atomic E-state index is 0.199. The van der Waals surface area contributed by atoms with E-state index in [0.29, 0.717) is 0 Å². The smallest absolute Gasteiger partial charge is 0.133 e. The number of rotatable bonds is 4. The summed E-state index contributed by atoms with van der Waals surface area (Å²) in [7, 11) is 3.59. The van der Waals surface area contributed by atoms with Crippen LogP contribution >= 0.6 is 15.9 Å². The average Bonchev–Trinajstić information content (AvgIpc) is 2.67. The summed E-state index contributed by atoms with van der Waals surface area (Å²) in [5.41, 5.74) is 3.25. The van der Waals surface area contributed by atoms with Crippen LogP contribution in [0, 0.1) is 6.92 Å². The van der Waals surface area contributed by atoms with Gasteiger partial charge in [-0.25, -0.2) is 0 Å². The third-order valence-electron chi connectivity index (χ3n) is 3.06. The highest BCUT2D eigenvalue weighted by Crippen LogP contribution is 2.29. The fourth-order valence-electron chi connectivity index (χ4n) is 2.01. The highest BCUT2D eigenvalue weighted by Gasteiger charge is 2.11. The maximum absolute atomic E-state index is 5.24. The fourth-order valence-corrected chi connectivity index (χ4v) is 2.57. The van der Waals surface area contributed by atoms with E-state index in [-0.39, 0.29) is 6.04 Å². The molecule has 0 radical (unpaired) electrons. The predicted octanol–water partition coefficient (Wildman–Crippen LogP) is 3.67. The third-order valence-corrected chi connectivity index (χ3v) is 3.68. The van der Waals surface area contributed by atoms with Crippen LogP contribution < -0.4 is 10.1 Å². The van der Waals surface area contributed by atoms with Crippen LogP contribution in [0.15, 0.2) is 28.9 Å². The molecule has 0 saturated heterocycles. The number of methoxy groups -OCH3 is 1. The van der Waals surface area contributed by atoms with E-state index < -0.39 is 0 Å². The predicted molar refractivity (Wildman–Crippen MR) is 80.7 cm³/mol. The fraction of sp³-hybridized carbons (Fsp3) is 0.357. The quantitative estimate of drug-likeness (QED) is 0.933. The zero-order chi connectivity index (χ0) is 14.0. The van der Waals surface area contributed by atoms with Crippen molar-refractivity contribution in [1.29, 1.82) is 0 Å². The van der Waals surface area contributed by atoms with E-state index >= 15 is 0 Å². The number of aromatic nitrogens is 2. The van der Waals surface area contributed by atoms with Crippen molar-refractivity contribution in [3.63, 3.8) is 0 Å². The topological polar surface area (TPSA) is 39.1 Å². The van der Waals surface area contributed by atoms with Gasteiger partial charge in [0.25, 0.3) is 0 Å². The van der Waals surface area contributed by atoms with Gasteiger partial charge in [-0.2, -0.15) is 5.10 Å². The number of anilines is 1. The molecule has 1 aromatic carbocycles. The molecule has 19 heavy (non-hydrogen) atoms. The standard InChI is InChI=1S/C14H18BrN3O/c1-9(16-13-8-18(3)17-10(13)2)11-5-6-14(19-4)12(15)7-11/h5-9,16H,1-4H3. The van der Waals surface area contributed by atoms with Crippen LogP contribution in [0.5, 0.6) is 5.75 Å². The Bertz CT molecular complexity index is 580. The number of nitrogens with zero attached hydrogens (tertiary/aromatic N) is 2. The summed E-state index contributed by atoms with van der Waals surface area (Å²) in [6.45, 7) is 4.12. The van der Waals surface area contributed by atoms with Crippen molar-refractivity contribution in [2.45, 2.75) is 19.9 Å². The minimum Gasteiger partial charge on any atom is -0.496 e. The van der Waals surface area contributed by atoms with Gasteiger partial charge in [-0.3, -0.25) is 4.68 Å². The van der Waals surface area contributed by atoms with Crippen molar-refractivity contribution in [3.05, 3.63) is 40.1 Å². The summed E-state index contributed by atoms with van der Waals surface area (Å²) >= 11 is 3.51. The van der Waals surface area contributed by atoms with E-state index in [1.165, 1.54) is 5.56 Å². The molecule has 0 amide bonds. The summed E-state index contributed by atoms with van der Waals surface area (Å²) in [4.78, 5) is 0. The van der Waals surface area contributed by atoms with Crippen molar-refractivity contribution in [1.82, 2.24) is 9.78 Å². The van der Waals surface area contributed by atoms with Gasteiger partial charge >= 0.3 is 0 Å². The first kappa shape index (κ1) is 13.9. The first-order chi connectivity index (χ1) is 9.01. The molecule has 2 aromatic rings. The molecule has 1 heterocycles. The number of nitrogens with one attached hydrogen (secondary N) is 1. The van der Waals surface area contributed by atoms with Crippen molar-refractivity contribution in [2.24, 2.45) is 7.05 Å². The Kier molecular flexibility index (Phi) is 4.14. The second-order valence-corrected chi connectivity index (χ2v) is 5.42. The molecule has 5 heteroatoms. The van der Waals surface area contributed by atoms with Crippen LogP contribution in [0.2, 0.25) is 0 Å². The lowest BCUT2D eigenvalue weighted by atomic mass is 10.1. The Morgan fingerprint density at radius 2 is 2.16 bits per heavy atom. The van der Waals surface area contributed by atoms with Crippen LogP contribution in [-0.2, 0) is 7.05 Å². The van der Waals surface area contributed by atoms with Crippen LogP contribution in [0.3, 0.4) is 0 Å². The summed E-state index contributed by atoms with van der Waals surface area (Å²) in [6, 6.07) is 6.30. The third kappa shape index (κ3) is 3.10. The second-order valence-electron chi connectivity index (χ2n) is 4.56. The van der Waals surface area contributed by atoms with Crippen LogP contribution in [0.4, 0.5) is 5.69 Å². The molecule has 1 atom stereocenters. The van der Waals surface area contributed by atoms with Gasteiger partial charge in [-0.05, 0) is 47.5 Å². The highest BCUT2D eigenvalue weighted by molar-refractivity contribution is 9.10. The largest absolute Gasteiger partial charge is 0.496 e. The van der Waals surface area contributed by atoms with E-state index in [4.69, 9.17) is 4.74 Å². The summed E-state index contributed by atoms with van der Waals surface area (Å²) in [5, 5.41) is 7.79. The summed E-state index contributed by atoms with van der Waals surface area (Å²) in [6.07, 6.45) is 1.99. The van der Waals surface area contributed by atoms with Gasteiger partial charge in [0.1, 0.15) is 5.75 Å². The van der Waals surface area contributed by atoms with E-state index in [1.807, 2.05) is 30.9 Å². The Hall–Kier alpha value is -1.49. The van der Waals surface area contributed by atoms with Gasteiger partial charge in [-0.1, -0.05) is 6.07 Å². The lowest BCUT2D eigenvalue weighted by Crippen LogP contribution is -2.07. The highest BCUT2D eigenvalue weighted by atomic mass is 79.9. The number of halogens is 1. The van der Waals surface area contributed by atoms with Crippen molar-refractivity contribution in [2.75, 3.05) is 12.4 Å². The van der Waals surface area contributed by atoms with Crippen molar-refractivity contribution >= 4 is 21.6 Å². The SMILES string of the molecule is COc1ccc(C(C)Nc2cn(C)nc2C)cc1Br. The first-order valence-corrected chi connectivity index (χ1v) is 6.90. The van der Waals surface area contributed by atoms with E-state index in [9.17, 15) is 0 Å². The lowest BCUT2D eigenvalue weighted by Gasteiger charge is -2.16. The molecule has 0 bridgehead atoms. The van der Waals surface area contributed by atoms with Gasteiger partial charge in [0.05, 0.1) is 23.0 Å². The molecule has 0 spiro atoms. The van der Waals surface area contributed by atoms with Gasteiger partial charge in [0, 0.05) is 19.3 Å².